The number of rotatable bonds is 4. The summed E-state index contributed by atoms with van der Waals surface area (Å²) >= 11 is 0. The van der Waals surface area contributed by atoms with E-state index >= 15 is 0 Å². The number of sulfonamides is 1. The van der Waals surface area contributed by atoms with Gasteiger partial charge in [0.05, 0.1) is 29.9 Å². The maximum atomic E-state index is 13.5. The van der Waals surface area contributed by atoms with Crippen LogP contribution in [-0.2, 0) is 10.0 Å². The van der Waals surface area contributed by atoms with E-state index in [9.17, 15) is 26.0 Å². The summed E-state index contributed by atoms with van der Waals surface area (Å²) in [4.78, 5) is 11.7. The molecule has 0 unspecified atom stereocenters. The predicted molar refractivity (Wildman–Crippen MR) is 100 cm³/mol. The Morgan fingerprint density at radius 2 is 1.81 bits per heavy atom. The SMILES string of the molecule is Cc1ccc(S(=O)(=O)N2CC(F)(F)C(F)(F)C2)cc1-c1cnc(N)c(-n2cncn2)n1. The van der Waals surface area contributed by atoms with Crippen LogP contribution in [-0.4, -0.2) is 62.4 Å². The van der Waals surface area contributed by atoms with E-state index in [0.29, 0.717) is 11.1 Å². The van der Waals surface area contributed by atoms with Gasteiger partial charge in [0.15, 0.2) is 11.6 Å². The van der Waals surface area contributed by atoms with Crippen molar-refractivity contribution in [3.8, 4) is 17.1 Å². The first kappa shape index (κ1) is 21.1. The first-order chi connectivity index (χ1) is 14.4. The molecule has 0 spiro atoms. The van der Waals surface area contributed by atoms with Crippen molar-refractivity contribution >= 4 is 15.8 Å². The number of alkyl halides is 4. The number of hydrogen-bond acceptors (Lipinski definition) is 7. The monoisotopic (exact) mass is 457 g/mol. The standard InChI is InChI=1S/C17H15F4N7O2S/c1-10-2-3-11(31(29,30)27-6-16(18,19)17(20,21)7-27)4-12(10)13-5-24-14(22)15(26-13)28-9-23-8-25-28/h2-5,8-9H,6-7H2,1H3,(H2,22,24). The molecular weight excluding hydrogens is 442 g/mol. The lowest BCUT2D eigenvalue weighted by Crippen LogP contribution is -2.38. The second-order valence-electron chi connectivity index (χ2n) is 6.96. The Bertz CT molecular complexity index is 1230. The fourth-order valence-electron chi connectivity index (χ4n) is 3.09. The third-order valence-corrected chi connectivity index (χ3v) is 6.61. The average molecular weight is 457 g/mol. The average Bonchev–Trinajstić information content (AvgIpc) is 3.29. The van der Waals surface area contributed by atoms with Crippen molar-refractivity contribution in [1.29, 1.82) is 0 Å². The van der Waals surface area contributed by atoms with Crippen molar-refractivity contribution in [2.45, 2.75) is 23.7 Å². The van der Waals surface area contributed by atoms with Crippen LogP contribution < -0.4 is 5.73 Å². The normalized spacial score (nSPS) is 18.4. The van der Waals surface area contributed by atoms with Gasteiger partial charge in [0.2, 0.25) is 10.0 Å². The molecule has 0 saturated carbocycles. The van der Waals surface area contributed by atoms with Crippen LogP contribution in [0.2, 0.25) is 0 Å². The van der Waals surface area contributed by atoms with E-state index in [1.54, 1.807) is 6.92 Å². The van der Waals surface area contributed by atoms with Gasteiger partial charge in [-0.05, 0) is 24.6 Å². The lowest BCUT2D eigenvalue weighted by atomic mass is 10.1. The molecule has 3 heterocycles. The number of nitrogens with zero attached hydrogens (tertiary/aromatic N) is 6. The molecule has 0 bridgehead atoms. The molecule has 1 aliphatic rings. The molecule has 9 nitrogen and oxygen atoms in total. The second kappa shape index (κ2) is 6.95. The Kier molecular flexibility index (Phi) is 4.73. The van der Waals surface area contributed by atoms with Crippen LogP contribution in [0.1, 0.15) is 5.56 Å². The molecule has 4 rings (SSSR count). The molecule has 2 N–H and O–H groups in total. The van der Waals surface area contributed by atoms with E-state index in [4.69, 9.17) is 5.73 Å². The summed E-state index contributed by atoms with van der Waals surface area (Å²) in [5, 5.41) is 3.92. The van der Waals surface area contributed by atoms with Gasteiger partial charge in [0, 0.05) is 5.56 Å². The summed E-state index contributed by atoms with van der Waals surface area (Å²) in [5.74, 6) is -8.73. The summed E-state index contributed by atoms with van der Waals surface area (Å²) in [6.45, 7) is -1.55. The van der Waals surface area contributed by atoms with Crippen LogP contribution in [0.15, 0.2) is 41.9 Å². The number of aryl methyl sites for hydroxylation is 1. The molecule has 1 saturated heterocycles. The highest BCUT2D eigenvalue weighted by Gasteiger charge is 2.65. The third kappa shape index (κ3) is 3.50. The zero-order chi connectivity index (χ0) is 22.6. The number of hydrogen-bond donors (Lipinski definition) is 1. The Morgan fingerprint density at radius 3 is 2.42 bits per heavy atom. The second-order valence-corrected chi connectivity index (χ2v) is 8.90. The van der Waals surface area contributed by atoms with Crippen molar-refractivity contribution in [3.05, 3.63) is 42.6 Å². The fourth-order valence-corrected chi connectivity index (χ4v) is 4.56. The highest BCUT2D eigenvalue weighted by Crippen LogP contribution is 2.43. The lowest BCUT2D eigenvalue weighted by Gasteiger charge is -2.17. The third-order valence-electron chi connectivity index (χ3n) is 4.82. The van der Waals surface area contributed by atoms with Crippen LogP contribution in [0, 0.1) is 6.92 Å². The Labute approximate surface area is 173 Å². The van der Waals surface area contributed by atoms with Crippen LogP contribution in [0.25, 0.3) is 17.1 Å². The van der Waals surface area contributed by atoms with Gasteiger partial charge in [-0.1, -0.05) is 6.07 Å². The van der Waals surface area contributed by atoms with Gasteiger partial charge in [0.1, 0.15) is 12.7 Å². The minimum atomic E-state index is -4.62. The van der Waals surface area contributed by atoms with Gasteiger partial charge in [-0.15, -0.1) is 0 Å². The minimum absolute atomic E-state index is 0.0391. The number of halogens is 4. The maximum absolute atomic E-state index is 13.5. The van der Waals surface area contributed by atoms with Gasteiger partial charge in [0.25, 0.3) is 0 Å². The van der Waals surface area contributed by atoms with E-state index in [1.807, 2.05) is 0 Å². The molecule has 31 heavy (non-hydrogen) atoms. The van der Waals surface area contributed by atoms with Crippen LogP contribution in [0.4, 0.5) is 23.4 Å². The number of benzene rings is 1. The summed E-state index contributed by atoms with van der Waals surface area (Å²) in [6.07, 6.45) is 3.89. The Balaban J connectivity index is 1.76. The summed E-state index contributed by atoms with van der Waals surface area (Å²) in [7, 11) is -4.62. The molecule has 0 atom stereocenters. The highest BCUT2D eigenvalue weighted by molar-refractivity contribution is 7.89. The molecule has 3 aromatic rings. The largest absolute Gasteiger partial charge is 0.381 e. The molecule has 14 heteroatoms. The van der Waals surface area contributed by atoms with E-state index in [-0.39, 0.29) is 21.6 Å². The van der Waals surface area contributed by atoms with E-state index in [0.717, 1.165) is 6.07 Å². The van der Waals surface area contributed by atoms with Crippen molar-refractivity contribution in [1.82, 2.24) is 29.0 Å². The van der Waals surface area contributed by atoms with Crippen LogP contribution in [0.5, 0.6) is 0 Å². The van der Waals surface area contributed by atoms with E-state index in [2.05, 4.69) is 20.1 Å². The molecule has 1 fully saturated rings. The van der Waals surface area contributed by atoms with Crippen LogP contribution in [0.3, 0.4) is 0 Å². The van der Waals surface area contributed by atoms with Gasteiger partial charge in [-0.2, -0.15) is 31.6 Å². The number of anilines is 1. The van der Waals surface area contributed by atoms with Crippen molar-refractivity contribution in [2.75, 3.05) is 18.8 Å². The molecule has 2 aromatic heterocycles. The quantitative estimate of drug-likeness (QED) is 0.594. The molecule has 164 valence electrons. The molecule has 0 radical (unpaired) electrons. The van der Waals surface area contributed by atoms with Gasteiger partial charge < -0.3 is 5.73 Å². The number of nitrogen functional groups attached to an aromatic ring is 1. The van der Waals surface area contributed by atoms with E-state index in [1.165, 1.54) is 35.7 Å². The molecule has 0 amide bonds. The van der Waals surface area contributed by atoms with Gasteiger partial charge in [-0.3, -0.25) is 0 Å². The number of aromatic nitrogens is 5. The number of nitrogens with two attached hydrogens (primary N) is 1. The van der Waals surface area contributed by atoms with Gasteiger partial charge in [-0.25, -0.2) is 23.4 Å². The molecule has 0 aliphatic carbocycles. The van der Waals surface area contributed by atoms with Gasteiger partial charge >= 0.3 is 11.8 Å². The highest BCUT2D eigenvalue weighted by atomic mass is 32.2. The summed E-state index contributed by atoms with van der Waals surface area (Å²) < 4.78 is 81.1. The summed E-state index contributed by atoms with van der Waals surface area (Å²) in [6, 6.07) is 3.75. The topological polar surface area (TPSA) is 120 Å². The summed E-state index contributed by atoms with van der Waals surface area (Å²) in [5.41, 5.74) is 6.92. The van der Waals surface area contributed by atoms with E-state index < -0.39 is 39.9 Å². The first-order valence-corrected chi connectivity index (χ1v) is 10.2. The minimum Gasteiger partial charge on any atom is -0.381 e. The smallest absolute Gasteiger partial charge is 0.325 e. The fraction of sp³-hybridized carbons (Fsp3) is 0.294. The lowest BCUT2D eigenvalue weighted by molar-refractivity contribution is -0.172. The molecule has 1 aliphatic heterocycles. The zero-order valence-electron chi connectivity index (χ0n) is 15.9. The molecule has 1 aromatic carbocycles. The first-order valence-electron chi connectivity index (χ1n) is 8.77. The maximum Gasteiger partial charge on any atom is 0.325 e. The Hall–Kier alpha value is -3.13. The Morgan fingerprint density at radius 1 is 1.13 bits per heavy atom. The predicted octanol–water partition coefficient (Wildman–Crippen LogP) is 1.89. The van der Waals surface area contributed by atoms with Crippen LogP contribution >= 0.6 is 0 Å². The zero-order valence-corrected chi connectivity index (χ0v) is 16.7. The molecular formula is C17H15F4N7O2S. The van der Waals surface area contributed by atoms with Crippen molar-refractivity contribution < 1.29 is 26.0 Å². The van der Waals surface area contributed by atoms with Crippen molar-refractivity contribution in [2.24, 2.45) is 0 Å². The van der Waals surface area contributed by atoms with Crippen molar-refractivity contribution in [3.63, 3.8) is 0 Å².